The summed E-state index contributed by atoms with van der Waals surface area (Å²) in [5.74, 6) is -0.246. The van der Waals surface area contributed by atoms with Gasteiger partial charge in [-0.25, -0.2) is 4.98 Å². The molecule has 4 rings (SSSR count). The SMILES string of the molecule is CC(=O)N1C=Cc2ccccc2C1CC(=O)Nc1nc2c(C)cc(C)cc2s1. The van der Waals surface area contributed by atoms with Gasteiger partial charge in [-0.15, -0.1) is 0 Å². The Kier molecular flexibility index (Phi) is 4.73. The van der Waals surface area contributed by atoms with Gasteiger partial charge in [0.25, 0.3) is 0 Å². The number of fused-ring (bicyclic) bond motifs is 2. The van der Waals surface area contributed by atoms with Crippen molar-refractivity contribution in [1.82, 2.24) is 9.88 Å². The van der Waals surface area contributed by atoms with E-state index in [0.717, 1.165) is 26.9 Å². The van der Waals surface area contributed by atoms with Crippen molar-refractivity contribution in [2.45, 2.75) is 33.2 Å². The van der Waals surface area contributed by atoms with Crippen molar-refractivity contribution in [2.75, 3.05) is 5.32 Å². The number of aryl methyl sites for hydroxylation is 2. The van der Waals surface area contributed by atoms with Gasteiger partial charge in [0.15, 0.2) is 5.13 Å². The molecule has 28 heavy (non-hydrogen) atoms. The fourth-order valence-electron chi connectivity index (χ4n) is 3.68. The van der Waals surface area contributed by atoms with Crippen LogP contribution in [0.5, 0.6) is 0 Å². The third-order valence-corrected chi connectivity index (χ3v) is 5.84. The molecule has 0 saturated carbocycles. The van der Waals surface area contributed by atoms with Crippen LogP contribution in [0.4, 0.5) is 5.13 Å². The van der Waals surface area contributed by atoms with Crippen molar-refractivity contribution in [3.63, 3.8) is 0 Å². The molecule has 2 aromatic carbocycles. The average molecular weight is 391 g/mol. The highest BCUT2D eigenvalue weighted by Gasteiger charge is 2.28. The molecule has 1 aromatic heterocycles. The third kappa shape index (κ3) is 3.43. The summed E-state index contributed by atoms with van der Waals surface area (Å²) in [5, 5.41) is 3.51. The summed E-state index contributed by atoms with van der Waals surface area (Å²) in [6.07, 6.45) is 3.84. The first-order valence-corrected chi connectivity index (χ1v) is 9.97. The summed E-state index contributed by atoms with van der Waals surface area (Å²) in [6, 6.07) is 11.7. The quantitative estimate of drug-likeness (QED) is 0.696. The first-order valence-electron chi connectivity index (χ1n) is 9.16. The molecule has 2 heterocycles. The third-order valence-electron chi connectivity index (χ3n) is 4.92. The van der Waals surface area contributed by atoms with Crippen LogP contribution in [0.2, 0.25) is 0 Å². The van der Waals surface area contributed by atoms with Gasteiger partial charge in [-0.1, -0.05) is 41.7 Å². The number of nitrogens with one attached hydrogen (secondary N) is 1. The minimum Gasteiger partial charge on any atom is -0.311 e. The monoisotopic (exact) mass is 391 g/mol. The van der Waals surface area contributed by atoms with E-state index in [-0.39, 0.29) is 24.3 Å². The van der Waals surface area contributed by atoms with Gasteiger partial charge >= 0.3 is 0 Å². The zero-order valence-electron chi connectivity index (χ0n) is 16.0. The van der Waals surface area contributed by atoms with Crippen LogP contribution in [0, 0.1) is 13.8 Å². The molecule has 142 valence electrons. The van der Waals surface area contributed by atoms with Crippen molar-refractivity contribution < 1.29 is 9.59 Å². The molecular weight excluding hydrogens is 370 g/mol. The summed E-state index contributed by atoms with van der Waals surface area (Å²) < 4.78 is 1.06. The average Bonchev–Trinajstić information content (AvgIpc) is 3.04. The molecule has 1 aliphatic heterocycles. The van der Waals surface area contributed by atoms with E-state index in [2.05, 4.69) is 29.4 Å². The largest absolute Gasteiger partial charge is 0.311 e. The summed E-state index contributed by atoms with van der Waals surface area (Å²) in [6.45, 7) is 5.59. The Balaban J connectivity index is 1.58. The molecule has 5 nitrogen and oxygen atoms in total. The van der Waals surface area contributed by atoms with E-state index in [0.29, 0.717) is 5.13 Å². The Morgan fingerprint density at radius 2 is 2.00 bits per heavy atom. The number of carbonyl (C=O) groups is 2. The van der Waals surface area contributed by atoms with Crippen LogP contribution in [0.25, 0.3) is 16.3 Å². The molecule has 0 aliphatic carbocycles. The number of carbonyl (C=O) groups excluding carboxylic acids is 2. The summed E-state index contributed by atoms with van der Waals surface area (Å²) in [4.78, 5) is 31.1. The number of hydrogen-bond acceptors (Lipinski definition) is 4. The van der Waals surface area contributed by atoms with Crippen molar-refractivity contribution in [3.8, 4) is 0 Å². The molecule has 1 unspecified atom stereocenters. The highest BCUT2D eigenvalue weighted by molar-refractivity contribution is 7.22. The van der Waals surface area contributed by atoms with E-state index in [1.165, 1.54) is 23.8 Å². The molecule has 0 spiro atoms. The van der Waals surface area contributed by atoms with Crippen LogP contribution in [-0.2, 0) is 9.59 Å². The number of amides is 2. The van der Waals surface area contributed by atoms with Gasteiger partial charge in [0.1, 0.15) is 0 Å². The molecule has 1 aliphatic rings. The standard InChI is InChI=1S/C22H21N3O2S/c1-13-10-14(2)21-19(11-13)28-22(24-21)23-20(27)12-18-17-7-5-4-6-16(17)8-9-25(18)15(3)26/h4-11,18H,12H2,1-3H3,(H,23,24,27). The first kappa shape index (κ1) is 18.4. The number of rotatable bonds is 3. The molecule has 0 radical (unpaired) electrons. The van der Waals surface area contributed by atoms with Crippen LogP contribution in [0.3, 0.4) is 0 Å². The van der Waals surface area contributed by atoms with Crippen molar-refractivity contribution in [2.24, 2.45) is 0 Å². The fraction of sp³-hybridized carbons (Fsp3) is 0.227. The molecule has 2 amide bonds. The Morgan fingerprint density at radius 1 is 1.21 bits per heavy atom. The lowest BCUT2D eigenvalue weighted by molar-refractivity contribution is -0.129. The molecule has 1 N–H and O–H groups in total. The maximum atomic E-state index is 12.8. The zero-order chi connectivity index (χ0) is 19.8. The van der Waals surface area contributed by atoms with Gasteiger partial charge < -0.3 is 10.2 Å². The van der Waals surface area contributed by atoms with Gasteiger partial charge in [0, 0.05) is 13.1 Å². The smallest absolute Gasteiger partial charge is 0.228 e. The lowest BCUT2D eigenvalue weighted by atomic mass is 9.93. The van der Waals surface area contributed by atoms with E-state index in [1.54, 1.807) is 11.1 Å². The molecule has 0 fully saturated rings. The highest BCUT2D eigenvalue weighted by Crippen LogP contribution is 2.34. The number of thiazole rings is 1. The predicted molar refractivity (Wildman–Crippen MR) is 113 cm³/mol. The van der Waals surface area contributed by atoms with Crippen LogP contribution in [-0.4, -0.2) is 21.7 Å². The Labute approximate surface area is 167 Å². The minimum absolute atomic E-state index is 0.0883. The normalized spacial score (nSPS) is 15.5. The van der Waals surface area contributed by atoms with E-state index >= 15 is 0 Å². The van der Waals surface area contributed by atoms with Gasteiger partial charge in [0.05, 0.1) is 22.7 Å². The van der Waals surface area contributed by atoms with E-state index in [9.17, 15) is 9.59 Å². The second-order valence-electron chi connectivity index (χ2n) is 7.09. The zero-order valence-corrected chi connectivity index (χ0v) is 16.8. The van der Waals surface area contributed by atoms with Crippen LogP contribution >= 0.6 is 11.3 Å². The van der Waals surface area contributed by atoms with Crippen molar-refractivity contribution in [1.29, 1.82) is 0 Å². The van der Waals surface area contributed by atoms with Crippen molar-refractivity contribution >= 4 is 44.6 Å². The Morgan fingerprint density at radius 3 is 2.79 bits per heavy atom. The fourth-order valence-corrected chi connectivity index (χ4v) is 4.74. The van der Waals surface area contributed by atoms with Gasteiger partial charge in [-0.2, -0.15) is 0 Å². The van der Waals surface area contributed by atoms with Gasteiger partial charge in [-0.3, -0.25) is 9.59 Å². The van der Waals surface area contributed by atoms with Gasteiger partial charge in [0.2, 0.25) is 11.8 Å². The van der Waals surface area contributed by atoms with E-state index in [4.69, 9.17) is 0 Å². The van der Waals surface area contributed by atoms with Gasteiger partial charge in [-0.05, 0) is 48.2 Å². The summed E-state index contributed by atoms with van der Waals surface area (Å²) >= 11 is 1.47. The van der Waals surface area contributed by atoms with Crippen LogP contribution in [0.15, 0.2) is 42.6 Å². The number of nitrogens with zero attached hydrogens (tertiary/aromatic N) is 2. The van der Waals surface area contributed by atoms with E-state index < -0.39 is 0 Å². The second-order valence-corrected chi connectivity index (χ2v) is 8.12. The van der Waals surface area contributed by atoms with Crippen LogP contribution in [0.1, 0.15) is 41.6 Å². The highest BCUT2D eigenvalue weighted by atomic mass is 32.1. The number of hydrogen-bond donors (Lipinski definition) is 1. The second kappa shape index (κ2) is 7.20. The maximum Gasteiger partial charge on any atom is 0.228 e. The lowest BCUT2D eigenvalue weighted by Crippen LogP contribution is -2.33. The molecule has 6 heteroatoms. The number of aromatic nitrogens is 1. The maximum absolute atomic E-state index is 12.8. The molecule has 1 atom stereocenters. The van der Waals surface area contributed by atoms with E-state index in [1.807, 2.05) is 37.3 Å². The number of benzene rings is 2. The van der Waals surface area contributed by atoms with Crippen molar-refractivity contribution in [3.05, 3.63) is 64.9 Å². The molecule has 0 saturated heterocycles. The topological polar surface area (TPSA) is 62.3 Å². The molecular formula is C22H21N3O2S. The first-order chi connectivity index (χ1) is 13.4. The Hall–Kier alpha value is -2.99. The summed E-state index contributed by atoms with van der Waals surface area (Å²) in [5.41, 5.74) is 5.20. The molecule has 3 aromatic rings. The Bertz CT molecular complexity index is 1120. The lowest BCUT2D eigenvalue weighted by Gasteiger charge is -2.32. The number of anilines is 1. The molecule has 0 bridgehead atoms. The summed E-state index contributed by atoms with van der Waals surface area (Å²) in [7, 11) is 0. The predicted octanol–water partition coefficient (Wildman–Crippen LogP) is 4.82. The minimum atomic E-state index is -0.322. The van der Waals surface area contributed by atoms with Crippen LogP contribution < -0.4 is 5.32 Å².